The van der Waals surface area contributed by atoms with Crippen molar-refractivity contribution in [1.82, 2.24) is 19.7 Å². The molecule has 2 aromatic heterocycles. The fraction of sp³-hybridized carbons (Fsp3) is 0.333. The Hall–Kier alpha value is -3.02. The van der Waals surface area contributed by atoms with Gasteiger partial charge < -0.3 is 14.2 Å². The summed E-state index contributed by atoms with van der Waals surface area (Å²) in [5.74, 6) is 0.828. The van der Waals surface area contributed by atoms with Gasteiger partial charge in [0.25, 0.3) is 5.91 Å². The van der Waals surface area contributed by atoms with Crippen molar-refractivity contribution >= 4 is 5.91 Å². The third kappa shape index (κ3) is 3.23. The Balaban J connectivity index is 1.55. The first kappa shape index (κ1) is 17.4. The van der Waals surface area contributed by atoms with Crippen molar-refractivity contribution < 1.29 is 9.53 Å². The number of carbonyl (C=O) groups excluding carboxylic acids is 1. The first-order valence-corrected chi connectivity index (χ1v) is 9.46. The molecule has 1 aliphatic rings. The molecule has 0 aliphatic carbocycles. The van der Waals surface area contributed by atoms with Gasteiger partial charge in [-0.1, -0.05) is 6.92 Å². The predicted octanol–water partition coefficient (Wildman–Crippen LogP) is 3.88. The number of hydrogen-bond donors (Lipinski definition) is 1. The number of nitrogens with zero attached hydrogens (tertiary/aromatic N) is 3. The molecule has 6 heteroatoms. The molecule has 1 N–H and O–H groups in total. The van der Waals surface area contributed by atoms with E-state index in [1.807, 2.05) is 48.2 Å². The molecular weight excluding hydrogens is 340 g/mol. The standard InChI is InChI=1S/C21H24N4O2/c1-3-19-20-6-5-11-24(20)12-13-25(19)21(26)18-14-17(22-23-18)15-7-9-16(10-8-15)27-4-2/h5-11,14,19H,3-4,12-13H2,1-2H3,(H,22,23). The Morgan fingerprint density at radius 3 is 2.78 bits per heavy atom. The van der Waals surface area contributed by atoms with Gasteiger partial charge in [0.1, 0.15) is 11.4 Å². The molecule has 0 saturated heterocycles. The lowest BCUT2D eigenvalue weighted by Crippen LogP contribution is -2.41. The number of nitrogens with one attached hydrogen (secondary N) is 1. The molecule has 0 bridgehead atoms. The Morgan fingerprint density at radius 2 is 2.04 bits per heavy atom. The van der Waals surface area contributed by atoms with E-state index in [9.17, 15) is 4.79 Å². The van der Waals surface area contributed by atoms with Gasteiger partial charge in [0.2, 0.25) is 0 Å². The minimum atomic E-state index is -0.000938. The monoisotopic (exact) mass is 364 g/mol. The molecule has 0 radical (unpaired) electrons. The molecule has 140 valence electrons. The van der Waals surface area contributed by atoms with Gasteiger partial charge in [-0.05, 0) is 55.8 Å². The minimum absolute atomic E-state index is 0.000938. The van der Waals surface area contributed by atoms with E-state index < -0.39 is 0 Å². The number of carbonyl (C=O) groups is 1. The van der Waals surface area contributed by atoms with E-state index in [2.05, 4.69) is 34.0 Å². The zero-order valence-electron chi connectivity index (χ0n) is 15.7. The number of fused-ring (bicyclic) bond motifs is 1. The topological polar surface area (TPSA) is 63.1 Å². The highest BCUT2D eigenvalue weighted by Crippen LogP contribution is 2.30. The van der Waals surface area contributed by atoms with Gasteiger partial charge in [-0.25, -0.2) is 0 Å². The van der Waals surface area contributed by atoms with Crippen LogP contribution >= 0.6 is 0 Å². The van der Waals surface area contributed by atoms with E-state index >= 15 is 0 Å². The van der Waals surface area contributed by atoms with Crippen molar-refractivity contribution in [3.8, 4) is 17.0 Å². The SMILES string of the molecule is CCOc1ccc(-c2cc(C(=O)N3CCn4cccc4C3CC)[nH]n2)cc1. The second-order valence-corrected chi connectivity index (χ2v) is 6.67. The van der Waals surface area contributed by atoms with E-state index in [1.165, 1.54) is 5.69 Å². The molecular formula is C21H24N4O2. The number of ether oxygens (including phenoxy) is 1. The average molecular weight is 364 g/mol. The van der Waals surface area contributed by atoms with Gasteiger partial charge in [0, 0.05) is 30.5 Å². The number of aromatic nitrogens is 3. The fourth-order valence-electron chi connectivity index (χ4n) is 3.76. The number of H-pyrrole nitrogens is 1. The highest BCUT2D eigenvalue weighted by atomic mass is 16.5. The van der Waals surface area contributed by atoms with Crippen LogP contribution in [-0.4, -0.2) is 38.7 Å². The predicted molar refractivity (Wildman–Crippen MR) is 104 cm³/mol. The summed E-state index contributed by atoms with van der Waals surface area (Å²) >= 11 is 0. The molecule has 4 rings (SSSR count). The number of hydrogen-bond acceptors (Lipinski definition) is 3. The largest absolute Gasteiger partial charge is 0.494 e. The van der Waals surface area contributed by atoms with Crippen LogP contribution in [0, 0.1) is 0 Å². The molecule has 27 heavy (non-hydrogen) atoms. The molecule has 0 spiro atoms. The maximum absolute atomic E-state index is 13.1. The lowest BCUT2D eigenvalue weighted by atomic mass is 10.1. The first-order valence-electron chi connectivity index (χ1n) is 9.46. The summed E-state index contributed by atoms with van der Waals surface area (Å²) in [5.41, 5.74) is 3.43. The van der Waals surface area contributed by atoms with Crippen LogP contribution < -0.4 is 4.74 Å². The second-order valence-electron chi connectivity index (χ2n) is 6.67. The number of benzene rings is 1. The second kappa shape index (κ2) is 7.31. The van der Waals surface area contributed by atoms with Gasteiger partial charge in [-0.3, -0.25) is 9.89 Å². The van der Waals surface area contributed by atoms with Crippen LogP contribution in [0.2, 0.25) is 0 Å². The van der Waals surface area contributed by atoms with E-state index in [1.54, 1.807) is 0 Å². The van der Waals surface area contributed by atoms with Gasteiger partial charge in [-0.15, -0.1) is 0 Å². The van der Waals surface area contributed by atoms with Crippen LogP contribution in [0.1, 0.15) is 42.5 Å². The Bertz CT molecular complexity index is 926. The molecule has 1 aromatic carbocycles. The Morgan fingerprint density at radius 1 is 1.22 bits per heavy atom. The van der Waals surface area contributed by atoms with Crippen LogP contribution in [0.25, 0.3) is 11.3 Å². The summed E-state index contributed by atoms with van der Waals surface area (Å²) < 4.78 is 7.71. The lowest BCUT2D eigenvalue weighted by Gasteiger charge is -2.36. The van der Waals surface area contributed by atoms with Crippen molar-refractivity contribution in [2.75, 3.05) is 13.2 Å². The van der Waals surface area contributed by atoms with Gasteiger partial charge in [0.15, 0.2) is 0 Å². The summed E-state index contributed by atoms with van der Waals surface area (Å²) in [7, 11) is 0. The minimum Gasteiger partial charge on any atom is -0.494 e. The molecule has 1 atom stereocenters. The van der Waals surface area contributed by atoms with Crippen LogP contribution in [-0.2, 0) is 6.54 Å². The number of amides is 1. The zero-order valence-corrected chi connectivity index (χ0v) is 15.7. The molecule has 1 aliphatic heterocycles. The van der Waals surface area contributed by atoms with Crippen LogP contribution in [0.4, 0.5) is 0 Å². The average Bonchev–Trinajstić information content (AvgIpc) is 3.37. The molecule has 1 amide bonds. The molecule has 3 aromatic rings. The maximum atomic E-state index is 13.1. The highest BCUT2D eigenvalue weighted by molar-refractivity contribution is 5.93. The lowest BCUT2D eigenvalue weighted by molar-refractivity contribution is 0.0611. The summed E-state index contributed by atoms with van der Waals surface area (Å²) in [6.07, 6.45) is 2.97. The molecule has 0 fully saturated rings. The maximum Gasteiger partial charge on any atom is 0.272 e. The molecule has 6 nitrogen and oxygen atoms in total. The molecule has 3 heterocycles. The summed E-state index contributed by atoms with van der Waals surface area (Å²) in [4.78, 5) is 15.1. The number of rotatable bonds is 5. The summed E-state index contributed by atoms with van der Waals surface area (Å²) in [6, 6.07) is 13.8. The molecule has 1 unspecified atom stereocenters. The summed E-state index contributed by atoms with van der Waals surface area (Å²) in [5, 5.41) is 7.27. The van der Waals surface area contributed by atoms with Crippen molar-refractivity contribution in [3.63, 3.8) is 0 Å². The van der Waals surface area contributed by atoms with Crippen molar-refractivity contribution in [3.05, 3.63) is 60.0 Å². The Labute approximate surface area is 158 Å². The van der Waals surface area contributed by atoms with Crippen LogP contribution in [0.15, 0.2) is 48.7 Å². The first-order chi connectivity index (χ1) is 13.2. The third-order valence-electron chi connectivity index (χ3n) is 5.08. The highest BCUT2D eigenvalue weighted by Gasteiger charge is 2.31. The summed E-state index contributed by atoms with van der Waals surface area (Å²) in [6.45, 7) is 6.24. The molecule has 0 saturated carbocycles. The van der Waals surface area contributed by atoms with Crippen molar-refractivity contribution in [1.29, 1.82) is 0 Å². The smallest absolute Gasteiger partial charge is 0.272 e. The third-order valence-corrected chi connectivity index (χ3v) is 5.08. The Kier molecular flexibility index (Phi) is 4.71. The van der Waals surface area contributed by atoms with Crippen molar-refractivity contribution in [2.24, 2.45) is 0 Å². The quantitative estimate of drug-likeness (QED) is 0.747. The van der Waals surface area contributed by atoms with Crippen LogP contribution in [0.3, 0.4) is 0 Å². The van der Waals surface area contributed by atoms with Crippen LogP contribution in [0.5, 0.6) is 5.75 Å². The van der Waals surface area contributed by atoms with Gasteiger partial charge in [-0.2, -0.15) is 5.10 Å². The van der Waals surface area contributed by atoms with Crippen molar-refractivity contribution in [2.45, 2.75) is 32.9 Å². The van der Waals surface area contributed by atoms with E-state index in [0.717, 1.165) is 30.0 Å². The van der Waals surface area contributed by atoms with E-state index in [4.69, 9.17) is 4.74 Å². The number of aromatic amines is 1. The van der Waals surface area contributed by atoms with E-state index in [0.29, 0.717) is 18.8 Å². The fourth-order valence-corrected chi connectivity index (χ4v) is 3.76. The van der Waals surface area contributed by atoms with Gasteiger partial charge in [0.05, 0.1) is 18.3 Å². The van der Waals surface area contributed by atoms with Gasteiger partial charge >= 0.3 is 0 Å². The van der Waals surface area contributed by atoms with E-state index in [-0.39, 0.29) is 11.9 Å². The normalized spacial score (nSPS) is 16.2. The zero-order chi connectivity index (χ0) is 18.8.